The van der Waals surface area contributed by atoms with Gasteiger partial charge < -0.3 is 14.9 Å². The summed E-state index contributed by atoms with van der Waals surface area (Å²) < 4.78 is 14.7. The van der Waals surface area contributed by atoms with Crippen molar-refractivity contribution >= 4 is 13.8 Å². The highest BCUT2D eigenvalue weighted by atomic mass is 31.2. The Morgan fingerprint density at radius 2 is 1.80 bits per heavy atom. The van der Waals surface area contributed by atoms with Crippen LogP contribution in [0.25, 0.3) is 0 Å². The maximum Gasteiger partial charge on any atom is 0.470 e. The van der Waals surface area contributed by atoms with Crippen molar-refractivity contribution in [1.82, 2.24) is 0 Å². The van der Waals surface area contributed by atoms with Crippen molar-refractivity contribution < 1.29 is 28.8 Å². The molecule has 0 aliphatic rings. The van der Waals surface area contributed by atoms with Crippen LogP contribution in [0.4, 0.5) is 0 Å². The van der Waals surface area contributed by atoms with E-state index in [1.807, 2.05) is 0 Å². The van der Waals surface area contributed by atoms with Crippen molar-refractivity contribution in [3.05, 3.63) is 35.9 Å². The summed E-state index contributed by atoms with van der Waals surface area (Å²) in [6.07, 6.45) is -1.66. The predicted octanol–water partition coefficient (Wildman–Crippen LogP) is 0.922. The van der Waals surface area contributed by atoms with E-state index >= 15 is 0 Å². The molecule has 1 rings (SSSR count). The highest BCUT2D eigenvalue weighted by molar-refractivity contribution is 7.46. The van der Waals surface area contributed by atoms with Gasteiger partial charge in [0.05, 0.1) is 0 Å². The van der Waals surface area contributed by atoms with Gasteiger partial charge in [-0.15, -0.1) is 0 Å². The summed E-state index contributed by atoms with van der Waals surface area (Å²) in [7, 11) is -4.82. The highest BCUT2D eigenvalue weighted by Crippen LogP contribution is 2.42. The fourth-order valence-electron chi connectivity index (χ4n) is 1.01. The molecular weight excluding hydrogens is 223 g/mol. The normalized spacial score (nSPS) is 13.5. The lowest BCUT2D eigenvalue weighted by atomic mass is 10.1. The van der Waals surface area contributed by atoms with Gasteiger partial charge in [0.25, 0.3) is 0 Å². The smallest absolute Gasteiger partial charge is 0.470 e. The molecule has 0 aromatic heterocycles. The Morgan fingerprint density at radius 3 is 2.20 bits per heavy atom. The SMILES string of the molecule is O=C(O)C(OP(=O)(O)O)c1ccccc1. The molecule has 6 nitrogen and oxygen atoms in total. The maximum absolute atomic E-state index is 10.7. The Balaban J connectivity index is 2.95. The van der Waals surface area contributed by atoms with Crippen LogP contribution in [0.15, 0.2) is 30.3 Å². The highest BCUT2D eigenvalue weighted by Gasteiger charge is 2.29. The second kappa shape index (κ2) is 4.55. The van der Waals surface area contributed by atoms with Crippen molar-refractivity contribution in [2.45, 2.75) is 6.10 Å². The van der Waals surface area contributed by atoms with E-state index in [4.69, 9.17) is 14.9 Å². The molecule has 0 heterocycles. The minimum absolute atomic E-state index is 0.174. The predicted molar refractivity (Wildman–Crippen MR) is 49.9 cm³/mol. The molecule has 0 saturated carbocycles. The molecule has 0 bridgehead atoms. The van der Waals surface area contributed by atoms with E-state index < -0.39 is 19.9 Å². The molecule has 0 aliphatic heterocycles. The van der Waals surface area contributed by atoms with E-state index in [-0.39, 0.29) is 5.56 Å². The fraction of sp³-hybridized carbons (Fsp3) is 0.125. The van der Waals surface area contributed by atoms with Crippen LogP contribution in [0.3, 0.4) is 0 Å². The summed E-state index contributed by atoms with van der Waals surface area (Å²) in [5.74, 6) is -1.45. The summed E-state index contributed by atoms with van der Waals surface area (Å²) in [5.41, 5.74) is 0.174. The third kappa shape index (κ3) is 3.81. The number of phosphoric acid groups is 1. The number of phosphoric ester groups is 1. The number of hydrogen-bond acceptors (Lipinski definition) is 3. The van der Waals surface area contributed by atoms with Gasteiger partial charge in [0.2, 0.25) is 0 Å². The average molecular weight is 232 g/mol. The van der Waals surface area contributed by atoms with Crippen LogP contribution in [0, 0.1) is 0 Å². The number of carboxylic acids is 1. The number of carbonyl (C=O) groups is 1. The Hall–Kier alpha value is -1.20. The van der Waals surface area contributed by atoms with Crippen molar-refractivity contribution in [2.24, 2.45) is 0 Å². The van der Waals surface area contributed by atoms with Crippen LogP contribution in [-0.2, 0) is 13.9 Å². The number of carboxylic acid groups (broad SMARTS) is 1. The fourth-order valence-corrected chi connectivity index (χ4v) is 1.50. The van der Waals surface area contributed by atoms with Crippen molar-refractivity contribution in [2.75, 3.05) is 0 Å². The zero-order chi connectivity index (χ0) is 11.5. The third-order valence-corrected chi connectivity index (χ3v) is 2.05. The molecule has 0 amide bonds. The van der Waals surface area contributed by atoms with Gasteiger partial charge in [-0.05, 0) is 5.56 Å². The van der Waals surface area contributed by atoms with Crippen LogP contribution in [-0.4, -0.2) is 20.9 Å². The zero-order valence-electron chi connectivity index (χ0n) is 7.48. The molecule has 0 fully saturated rings. The number of benzene rings is 1. The van der Waals surface area contributed by atoms with E-state index in [2.05, 4.69) is 4.52 Å². The molecule has 1 atom stereocenters. The number of hydrogen-bond donors (Lipinski definition) is 3. The summed E-state index contributed by atoms with van der Waals surface area (Å²) >= 11 is 0. The first-order valence-corrected chi connectivity index (χ1v) is 5.45. The van der Waals surface area contributed by atoms with Crippen LogP contribution in [0.5, 0.6) is 0 Å². The molecule has 1 aromatic rings. The van der Waals surface area contributed by atoms with Crippen LogP contribution < -0.4 is 0 Å². The van der Waals surface area contributed by atoms with Crippen molar-refractivity contribution in [3.63, 3.8) is 0 Å². The van der Waals surface area contributed by atoms with Gasteiger partial charge in [-0.3, -0.25) is 4.52 Å². The molecule has 0 radical (unpaired) electrons. The van der Waals surface area contributed by atoms with Crippen LogP contribution in [0.1, 0.15) is 11.7 Å². The monoisotopic (exact) mass is 232 g/mol. The van der Waals surface area contributed by atoms with Crippen molar-refractivity contribution in [3.8, 4) is 0 Å². The van der Waals surface area contributed by atoms with Crippen LogP contribution >= 0.6 is 7.82 Å². The third-order valence-electron chi connectivity index (χ3n) is 1.57. The lowest BCUT2D eigenvalue weighted by molar-refractivity contribution is -0.146. The van der Waals surface area contributed by atoms with Gasteiger partial charge in [-0.1, -0.05) is 30.3 Å². The first-order chi connectivity index (χ1) is 6.90. The summed E-state index contributed by atoms with van der Waals surface area (Å²) in [6.45, 7) is 0. The maximum atomic E-state index is 10.7. The molecule has 0 spiro atoms. The Morgan fingerprint density at radius 1 is 1.27 bits per heavy atom. The Labute approximate surface area is 85.4 Å². The first-order valence-electron chi connectivity index (χ1n) is 3.92. The quantitative estimate of drug-likeness (QED) is 0.667. The van der Waals surface area contributed by atoms with Gasteiger partial charge in [0.15, 0.2) is 6.10 Å². The molecule has 7 heteroatoms. The molecule has 1 unspecified atom stereocenters. The molecule has 15 heavy (non-hydrogen) atoms. The lowest BCUT2D eigenvalue weighted by Crippen LogP contribution is -2.14. The molecule has 3 N–H and O–H groups in total. The minimum atomic E-state index is -4.82. The van der Waals surface area contributed by atoms with Gasteiger partial charge in [0, 0.05) is 0 Å². The molecule has 0 saturated heterocycles. The van der Waals surface area contributed by atoms with Crippen molar-refractivity contribution in [1.29, 1.82) is 0 Å². The van der Waals surface area contributed by atoms with E-state index in [9.17, 15) is 9.36 Å². The zero-order valence-corrected chi connectivity index (χ0v) is 8.37. The summed E-state index contributed by atoms with van der Waals surface area (Å²) in [6, 6.07) is 7.57. The second-order valence-electron chi connectivity index (χ2n) is 2.72. The average Bonchev–Trinajstić information content (AvgIpc) is 2.14. The second-order valence-corrected chi connectivity index (χ2v) is 3.92. The van der Waals surface area contributed by atoms with Gasteiger partial charge in [-0.25, -0.2) is 9.36 Å². The van der Waals surface area contributed by atoms with E-state index in [0.717, 1.165) is 0 Å². The standard InChI is InChI=1S/C8H9O6P/c9-8(10)7(14-15(11,12)13)6-4-2-1-3-5-6/h1-5,7H,(H,9,10)(H2,11,12,13). The molecule has 1 aromatic carbocycles. The largest absolute Gasteiger partial charge is 0.479 e. The topological polar surface area (TPSA) is 104 Å². The Kier molecular flexibility index (Phi) is 3.60. The molecule has 82 valence electrons. The minimum Gasteiger partial charge on any atom is -0.479 e. The molecule has 0 aliphatic carbocycles. The van der Waals surface area contributed by atoms with Gasteiger partial charge in [0.1, 0.15) is 0 Å². The summed E-state index contributed by atoms with van der Waals surface area (Å²) in [4.78, 5) is 27.8. The van der Waals surface area contributed by atoms with Gasteiger partial charge >= 0.3 is 13.8 Å². The van der Waals surface area contributed by atoms with Gasteiger partial charge in [-0.2, -0.15) is 0 Å². The lowest BCUT2D eigenvalue weighted by Gasteiger charge is -2.13. The number of rotatable bonds is 4. The first kappa shape index (κ1) is 11.9. The number of aliphatic carboxylic acids is 1. The van der Waals surface area contributed by atoms with E-state index in [1.54, 1.807) is 18.2 Å². The molecular formula is C8H9O6P. The van der Waals surface area contributed by atoms with E-state index in [0.29, 0.717) is 0 Å². The van der Waals surface area contributed by atoms with Crippen LogP contribution in [0.2, 0.25) is 0 Å². The Bertz CT molecular complexity index is 383. The summed E-state index contributed by atoms with van der Waals surface area (Å²) in [5, 5.41) is 8.72. The van der Waals surface area contributed by atoms with E-state index in [1.165, 1.54) is 12.1 Å².